The van der Waals surface area contributed by atoms with E-state index in [1.165, 1.54) is 0 Å². The maximum atomic E-state index is 11.5. The van der Waals surface area contributed by atoms with Gasteiger partial charge in [-0.1, -0.05) is 13.3 Å². The van der Waals surface area contributed by atoms with E-state index >= 15 is 0 Å². The normalized spacial score (nSPS) is 22.2. The summed E-state index contributed by atoms with van der Waals surface area (Å²) in [4.78, 5) is 22.6. The quantitative estimate of drug-likeness (QED) is 0.455. The van der Waals surface area contributed by atoms with Crippen molar-refractivity contribution >= 4 is 12.1 Å². The van der Waals surface area contributed by atoms with E-state index < -0.39 is 23.9 Å². The molecule has 1 unspecified atom stereocenters. The molecule has 1 aliphatic heterocycles. The Hall–Kier alpha value is -1.14. The van der Waals surface area contributed by atoms with Gasteiger partial charge in [0.1, 0.15) is 11.8 Å². The fourth-order valence-electron chi connectivity index (χ4n) is 1.40. The third kappa shape index (κ3) is 4.70. The Morgan fingerprint density at radius 1 is 1.47 bits per heavy atom. The molecule has 1 heterocycles. The van der Waals surface area contributed by atoms with E-state index in [-0.39, 0.29) is 13.2 Å². The summed E-state index contributed by atoms with van der Waals surface area (Å²) in [6.45, 7) is 6.01. The Morgan fingerprint density at radius 2 is 2.18 bits per heavy atom. The van der Waals surface area contributed by atoms with Crippen molar-refractivity contribution in [2.45, 2.75) is 45.4 Å². The van der Waals surface area contributed by atoms with E-state index in [0.29, 0.717) is 0 Å². The molecular weight excluding hydrogens is 226 g/mol. The Kier molecular flexibility index (Phi) is 4.89. The van der Waals surface area contributed by atoms with Crippen molar-refractivity contribution in [3.8, 4) is 0 Å². The highest BCUT2D eigenvalue weighted by Crippen LogP contribution is 2.15. The average Bonchev–Trinajstić information content (AvgIpc) is 2.59. The molecule has 0 aromatic rings. The van der Waals surface area contributed by atoms with Crippen molar-refractivity contribution in [3.63, 3.8) is 0 Å². The molecule has 0 amide bonds. The van der Waals surface area contributed by atoms with E-state index in [0.717, 1.165) is 12.8 Å². The molecule has 0 aromatic carbocycles. The topological polar surface area (TPSA) is 73.9 Å². The van der Waals surface area contributed by atoms with Crippen LogP contribution in [0.2, 0.25) is 0 Å². The van der Waals surface area contributed by atoms with E-state index in [2.05, 4.69) is 10.1 Å². The van der Waals surface area contributed by atoms with E-state index in [9.17, 15) is 9.59 Å². The SMILES string of the molecule is CCCCOC(=O)OC(=O)C1COC(C)(C)N1. The molecule has 0 aromatic heterocycles. The van der Waals surface area contributed by atoms with Gasteiger partial charge < -0.3 is 14.2 Å². The fraction of sp³-hybridized carbons (Fsp3) is 0.818. The molecule has 6 nitrogen and oxygen atoms in total. The lowest BCUT2D eigenvalue weighted by atomic mass is 10.3. The van der Waals surface area contributed by atoms with Crippen LogP contribution < -0.4 is 5.32 Å². The maximum absolute atomic E-state index is 11.5. The summed E-state index contributed by atoms with van der Waals surface area (Å²) < 4.78 is 14.5. The summed E-state index contributed by atoms with van der Waals surface area (Å²) in [6, 6.07) is -0.622. The Labute approximate surface area is 101 Å². The van der Waals surface area contributed by atoms with Gasteiger partial charge in [-0.15, -0.1) is 0 Å². The lowest BCUT2D eigenvalue weighted by Crippen LogP contribution is -2.43. The zero-order valence-electron chi connectivity index (χ0n) is 10.4. The maximum Gasteiger partial charge on any atom is 0.516 e. The number of nitrogens with one attached hydrogen (secondary N) is 1. The lowest BCUT2D eigenvalue weighted by molar-refractivity contribution is -0.141. The fourth-order valence-corrected chi connectivity index (χ4v) is 1.40. The molecule has 0 saturated carbocycles. The molecule has 1 N–H and O–H groups in total. The number of esters is 1. The summed E-state index contributed by atoms with van der Waals surface area (Å²) >= 11 is 0. The zero-order chi connectivity index (χ0) is 12.9. The molecule has 1 atom stereocenters. The first-order chi connectivity index (χ1) is 7.94. The predicted molar refractivity (Wildman–Crippen MR) is 59.3 cm³/mol. The smallest absolute Gasteiger partial charge is 0.434 e. The first kappa shape index (κ1) is 13.9. The molecule has 0 aliphatic carbocycles. The highest BCUT2D eigenvalue weighted by Gasteiger charge is 2.37. The highest BCUT2D eigenvalue weighted by molar-refractivity contribution is 5.85. The largest absolute Gasteiger partial charge is 0.516 e. The summed E-state index contributed by atoms with van der Waals surface area (Å²) in [7, 11) is 0. The molecule has 17 heavy (non-hydrogen) atoms. The number of carbonyl (C=O) groups excluding carboxylic acids is 2. The number of rotatable bonds is 4. The third-order valence-electron chi connectivity index (χ3n) is 2.32. The van der Waals surface area contributed by atoms with Gasteiger partial charge in [0.15, 0.2) is 0 Å². The van der Waals surface area contributed by atoms with Gasteiger partial charge in [0.05, 0.1) is 13.2 Å². The second-order valence-electron chi connectivity index (χ2n) is 4.39. The lowest BCUT2D eigenvalue weighted by Gasteiger charge is -2.17. The number of hydrogen-bond donors (Lipinski definition) is 1. The monoisotopic (exact) mass is 245 g/mol. The van der Waals surface area contributed by atoms with Gasteiger partial charge in [0.25, 0.3) is 0 Å². The molecular formula is C11H19NO5. The van der Waals surface area contributed by atoms with Crippen LogP contribution in [0.1, 0.15) is 33.6 Å². The summed E-state index contributed by atoms with van der Waals surface area (Å²) in [6.07, 6.45) is 0.712. The van der Waals surface area contributed by atoms with Crippen LogP contribution in [0.15, 0.2) is 0 Å². The van der Waals surface area contributed by atoms with Crippen LogP contribution in [0.25, 0.3) is 0 Å². The summed E-state index contributed by atoms with van der Waals surface area (Å²) in [5.41, 5.74) is -0.574. The molecule has 0 bridgehead atoms. The van der Waals surface area contributed by atoms with Crippen LogP contribution in [0.3, 0.4) is 0 Å². The Balaban J connectivity index is 2.27. The molecule has 6 heteroatoms. The van der Waals surface area contributed by atoms with Crippen molar-refractivity contribution < 1.29 is 23.8 Å². The molecule has 1 aliphatic rings. The summed E-state index contributed by atoms with van der Waals surface area (Å²) in [5, 5.41) is 2.90. The van der Waals surface area contributed by atoms with E-state index in [4.69, 9.17) is 9.47 Å². The molecule has 0 radical (unpaired) electrons. The van der Waals surface area contributed by atoms with E-state index in [1.54, 1.807) is 13.8 Å². The minimum Gasteiger partial charge on any atom is -0.434 e. The van der Waals surface area contributed by atoms with Crippen molar-refractivity contribution in [2.24, 2.45) is 0 Å². The molecule has 1 saturated heterocycles. The molecule has 1 fully saturated rings. The van der Waals surface area contributed by atoms with Crippen molar-refractivity contribution in [3.05, 3.63) is 0 Å². The minimum atomic E-state index is -0.949. The van der Waals surface area contributed by atoms with Crippen LogP contribution in [-0.2, 0) is 19.0 Å². The second kappa shape index (κ2) is 5.97. The van der Waals surface area contributed by atoms with Crippen LogP contribution in [0.4, 0.5) is 4.79 Å². The van der Waals surface area contributed by atoms with Crippen molar-refractivity contribution in [2.75, 3.05) is 13.2 Å². The van der Waals surface area contributed by atoms with E-state index in [1.807, 2.05) is 6.92 Å². The van der Waals surface area contributed by atoms with Gasteiger partial charge in [-0.3, -0.25) is 5.32 Å². The van der Waals surface area contributed by atoms with Gasteiger partial charge in [-0.05, 0) is 20.3 Å². The van der Waals surface area contributed by atoms with Gasteiger partial charge in [-0.25, -0.2) is 9.59 Å². The zero-order valence-corrected chi connectivity index (χ0v) is 10.4. The highest BCUT2D eigenvalue weighted by atomic mass is 16.7. The standard InChI is InChI=1S/C11H19NO5/c1-4-5-6-15-10(14)17-9(13)8-7-16-11(2,3)12-8/h8,12H,4-7H2,1-3H3. The molecule has 1 rings (SSSR count). The minimum absolute atomic E-state index is 0.189. The van der Waals surface area contributed by atoms with Crippen LogP contribution in [0.5, 0.6) is 0 Å². The Morgan fingerprint density at radius 3 is 2.71 bits per heavy atom. The second-order valence-corrected chi connectivity index (χ2v) is 4.39. The number of hydrogen-bond acceptors (Lipinski definition) is 6. The summed E-state index contributed by atoms with van der Waals surface area (Å²) in [5.74, 6) is -0.669. The van der Waals surface area contributed by atoms with Gasteiger partial charge in [0, 0.05) is 0 Å². The van der Waals surface area contributed by atoms with Crippen molar-refractivity contribution in [1.29, 1.82) is 0 Å². The number of carbonyl (C=O) groups is 2. The average molecular weight is 245 g/mol. The third-order valence-corrected chi connectivity index (χ3v) is 2.32. The van der Waals surface area contributed by atoms with Gasteiger partial charge in [0.2, 0.25) is 0 Å². The predicted octanol–water partition coefficient (Wildman–Crippen LogP) is 1.19. The molecule has 0 spiro atoms. The Bertz CT molecular complexity index is 290. The van der Waals surface area contributed by atoms with Crippen LogP contribution in [0, 0.1) is 0 Å². The van der Waals surface area contributed by atoms with Crippen LogP contribution >= 0.6 is 0 Å². The van der Waals surface area contributed by atoms with Gasteiger partial charge in [-0.2, -0.15) is 0 Å². The first-order valence-electron chi connectivity index (χ1n) is 5.74. The van der Waals surface area contributed by atoms with Gasteiger partial charge >= 0.3 is 12.1 Å². The first-order valence-corrected chi connectivity index (χ1v) is 5.74. The number of ether oxygens (including phenoxy) is 3. The van der Waals surface area contributed by atoms with Crippen LogP contribution in [-0.4, -0.2) is 37.1 Å². The van der Waals surface area contributed by atoms with Crippen molar-refractivity contribution in [1.82, 2.24) is 5.32 Å². The molecule has 98 valence electrons. The number of unbranched alkanes of at least 4 members (excludes halogenated alkanes) is 1.